The van der Waals surface area contributed by atoms with Crippen molar-refractivity contribution in [1.82, 2.24) is 20.1 Å². The average molecular weight is 349 g/mol. The first-order valence-corrected chi connectivity index (χ1v) is 8.96. The highest BCUT2D eigenvalue weighted by Gasteiger charge is 2.11. The predicted molar refractivity (Wildman–Crippen MR) is 101 cm³/mol. The molecule has 0 radical (unpaired) electrons. The van der Waals surface area contributed by atoms with E-state index in [1.54, 1.807) is 6.20 Å². The molecule has 134 valence electrons. The van der Waals surface area contributed by atoms with Gasteiger partial charge in [-0.25, -0.2) is 9.67 Å². The monoisotopic (exact) mass is 349 g/mol. The number of nitrogens with one attached hydrogen (secondary N) is 1. The minimum Gasteiger partial charge on any atom is -0.378 e. The molecule has 4 rings (SSSR count). The van der Waals surface area contributed by atoms with Gasteiger partial charge in [0.05, 0.1) is 18.9 Å². The van der Waals surface area contributed by atoms with E-state index in [4.69, 9.17) is 4.74 Å². The van der Waals surface area contributed by atoms with Crippen molar-refractivity contribution in [3.63, 3.8) is 0 Å². The van der Waals surface area contributed by atoms with Crippen LogP contribution < -0.4 is 10.2 Å². The number of nitrogens with zero attached hydrogens (tertiary/aromatic N) is 4. The number of anilines is 1. The number of morpholine rings is 1. The topological polar surface area (TPSA) is 55.2 Å². The van der Waals surface area contributed by atoms with E-state index in [0.717, 1.165) is 50.9 Å². The summed E-state index contributed by atoms with van der Waals surface area (Å²) in [6.45, 7) is 5.02. The van der Waals surface area contributed by atoms with Gasteiger partial charge in [-0.3, -0.25) is 0 Å². The van der Waals surface area contributed by atoms with Gasteiger partial charge in [0.25, 0.3) is 0 Å². The molecule has 1 saturated heterocycles. The summed E-state index contributed by atoms with van der Waals surface area (Å²) in [5, 5.41) is 7.72. The predicted octanol–water partition coefficient (Wildman–Crippen LogP) is 2.39. The molecule has 0 unspecified atom stereocenters. The molecule has 0 atom stereocenters. The number of benzene rings is 1. The van der Waals surface area contributed by atoms with E-state index in [2.05, 4.69) is 56.7 Å². The summed E-state index contributed by atoms with van der Waals surface area (Å²) in [6.07, 6.45) is 5.69. The van der Waals surface area contributed by atoms with E-state index in [1.807, 2.05) is 23.1 Å². The van der Waals surface area contributed by atoms with Gasteiger partial charge >= 0.3 is 0 Å². The van der Waals surface area contributed by atoms with Gasteiger partial charge in [-0.05, 0) is 35.4 Å². The van der Waals surface area contributed by atoms with Crippen LogP contribution in [-0.4, -0.2) is 41.1 Å². The van der Waals surface area contributed by atoms with Crippen LogP contribution >= 0.6 is 0 Å². The zero-order valence-corrected chi connectivity index (χ0v) is 14.7. The Labute approximate surface area is 153 Å². The Morgan fingerprint density at radius 2 is 1.73 bits per heavy atom. The van der Waals surface area contributed by atoms with E-state index in [0.29, 0.717) is 0 Å². The molecule has 2 aromatic heterocycles. The third-order valence-electron chi connectivity index (χ3n) is 4.51. The molecule has 0 bridgehead atoms. The Bertz CT molecular complexity index is 793. The Balaban J connectivity index is 1.27. The number of hydrogen-bond acceptors (Lipinski definition) is 5. The van der Waals surface area contributed by atoms with Crippen molar-refractivity contribution in [1.29, 1.82) is 0 Å². The molecule has 0 amide bonds. The summed E-state index contributed by atoms with van der Waals surface area (Å²) in [5.74, 6) is 1.03. The lowest BCUT2D eigenvalue weighted by Crippen LogP contribution is -2.36. The van der Waals surface area contributed by atoms with Crippen molar-refractivity contribution in [2.45, 2.75) is 13.1 Å². The van der Waals surface area contributed by atoms with Crippen LogP contribution in [0.5, 0.6) is 0 Å². The molecule has 1 aliphatic rings. The van der Waals surface area contributed by atoms with Crippen molar-refractivity contribution in [3.05, 3.63) is 72.2 Å². The first-order chi connectivity index (χ1) is 12.9. The Hall–Kier alpha value is -2.70. The minimum absolute atomic E-state index is 0.782. The molecule has 3 heterocycles. The maximum Gasteiger partial charge on any atom is 0.128 e. The molecule has 6 heteroatoms. The second-order valence-corrected chi connectivity index (χ2v) is 6.34. The lowest BCUT2D eigenvalue weighted by Gasteiger charge is -2.27. The fraction of sp³-hybridized carbons (Fsp3) is 0.300. The summed E-state index contributed by atoms with van der Waals surface area (Å²) in [4.78, 5) is 6.85. The maximum atomic E-state index is 5.38. The van der Waals surface area contributed by atoms with Crippen LogP contribution in [0.1, 0.15) is 11.1 Å². The summed E-state index contributed by atoms with van der Waals surface area (Å²) < 4.78 is 7.24. The van der Waals surface area contributed by atoms with Crippen LogP contribution in [0.15, 0.2) is 61.1 Å². The molecule has 0 saturated carbocycles. The van der Waals surface area contributed by atoms with Gasteiger partial charge in [-0.2, -0.15) is 5.10 Å². The minimum atomic E-state index is 0.782. The van der Waals surface area contributed by atoms with Crippen LogP contribution in [0.2, 0.25) is 0 Å². The van der Waals surface area contributed by atoms with E-state index in [-0.39, 0.29) is 0 Å². The zero-order chi connectivity index (χ0) is 17.6. The van der Waals surface area contributed by atoms with Crippen molar-refractivity contribution < 1.29 is 4.74 Å². The quantitative estimate of drug-likeness (QED) is 0.741. The van der Waals surface area contributed by atoms with Crippen molar-refractivity contribution >= 4 is 5.82 Å². The Morgan fingerprint density at radius 3 is 2.42 bits per heavy atom. The number of hydrogen-bond donors (Lipinski definition) is 1. The van der Waals surface area contributed by atoms with E-state index >= 15 is 0 Å². The largest absolute Gasteiger partial charge is 0.378 e. The maximum absolute atomic E-state index is 5.38. The Kier molecular flexibility index (Phi) is 5.23. The molecule has 6 nitrogen and oxygen atoms in total. The fourth-order valence-electron chi connectivity index (χ4n) is 3.04. The van der Waals surface area contributed by atoms with Gasteiger partial charge in [-0.1, -0.05) is 18.2 Å². The molecule has 1 aromatic carbocycles. The first-order valence-electron chi connectivity index (χ1n) is 8.96. The third-order valence-corrected chi connectivity index (χ3v) is 4.51. The van der Waals surface area contributed by atoms with Gasteiger partial charge in [0, 0.05) is 44.8 Å². The van der Waals surface area contributed by atoms with Crippen molar-refractivity contribution in [2.75, 3.05) is 31.2 Å². The number of rotatable bonds is 6. The smallest absolute Gasteiger partial charge is 0.128 e. The number of pyridine rings is 1. The Morgan fingerprint density at radius 1 is 0.962 bits per heavy atom. The average Bonchev–Trinajstić information content (AvgIpc) is 3.25. The summed E-state index contributed by atoms with van der Waals surface area (Å²) >= 11 is 0. The third kappa shape index (κ3) is 4.09. The van der Waals surface area contributed by atoms with Gasteiger partial charge in [0.2, 0.25) is 0 Å². The van der Waals surface area contributed by atoms with Gasteiger partial charge < -0.3 is 15.0 Å². The second kappa shape index (κ2) is 8.12. The highest BCUT2D eigenvalue weighted by Crippen LogP contribution is 2.13. The van der Waals surface area contributed by atoms with Crippen LogP contribution in [-0.2, 0) is 17.8 Å². The molecular weight excluding hydrogens is 326 g/mol. The molecule has 1 N–H and O–H groups in total. The highest BCUT2D eigenvalue weighted by atomic mass is 16.5. The van der Waals surface area contributed by atoms with E-state index in [9.17, 15) is 0 Å². The molecular formula is C20H23N5O. The van der Waals surface area contributed by atoms with Gasteiger partial charge in [0.1, 0.15) is 5.82 Å². The molecule has 1 fully saturated rings. The fourth-order valence-corrected chi connectivity index (χ4v) is 3.04. The van der Waals surface area contributed by atoms with Crippen molar-refractivity contribution in [3.8, 4) is 5.69 Å². The molecule has 0 spiro atoms. The molecule has 26 heavy (non-hydrogen) atoms. The SMILES string of the molecule is c1cnn(-c2ccc(CNCc3ccc(N4CCOCC4)nc3)cc2)c1. The van der Waals surface area contributed by atoms with Crippen LogP contribution in [0.25, 0.3) is 5.69 Å². The lowest BCUT2D eigenvalue weighted by atomic mass is 10.2. The summed E-state index contributed by atoms with van der Waals surface area (Å²) in [7, 11) is 0. The number of aromatic nitrogens is 3. The molecule has 3 aromatic rings. The van der Waals surface area contributed by atoms with Gasteiger partial charge in [0.15, 0.2) is 0 Å². The standard InChI is InChI=1S/C20H23N5O/c1-8-23-25(9-1)19-5-2-17(3-6-19)14-21-15-18-4-7-20(22-16-18)24-10-12-26-13-11-24/h1-9,16,21H,10-15H2. The van der Waals surface area contributed by atoms with E-state index < -0.39 is 0 Å². The molecule has 0 aliphatic carbocycles. The van der Waals surface area contributed by atoms with Crippen LogP contribution in [0.3, 0.4) is 0 Å². The van der Waals surface area contributed by atoms with E-state index in [1.165, 1.54) is 11.1 Å². The van der Waals surface area contributed by atoms with Crippen LogP contribution in [0, 0.1) is 0 Å². The second-order valence-electron chi connectivity index (χ2n) is 6.34. The summed E-state index contributed by atoms with van der Waals surface area (Å²) in [6, 6.07) is 14.6. The first kappa shape index (κ1) is 16.8. The number of ether oxygens (including phenoxy) is 1. The molecule has 1 aliphatic heterocycles. The lowest BCUT2D eigenvalue weighted by molar-refractivity contribution is 0.122. The van der Waals surface area contributed by atoms with Crippen molar-refractivity contribution in [2.24, 2.45) is 0 Å². The van der Waals surface area contributed by atoms with Gasteiger partial charge in [-0.15, -0.1) is 0 Å². The van der Waals surface area contributed by atoms with Crippen LogP contribution in [0.4, 0.5) is 5.82 Å². The zero-order valence-electron chi connectivity index (χ0n) is 14.7. The summed E-state index contributed by atoms with van der Waals surface area (Å²) in [5.41, 5.74) is 3.51. The highest BCUT2D eigenvalue weighted by molar-refractivity contribution is 5.39. The normalized spacial score (nSPS) is 14.5.